The monoisotopic (exact) mass is 479 g/mol. The first kappa shape index (κ1) is 24.7. The highest BCUT2D eigenvalue weighted by atomic mass is 19.4. The van der Waals surface area contributed by atoms with Crippen LogP contribution in [0.15, 0.2) is 77.8 Å². The van der Waals surface area contributed by atoms with Crippen molar-refractivity contribution in [2.45, 2.75) is 32.9 Å². The number of halogens is 3. The molecule has 3 aromatic carbocycles. The van der Waals surface area contributed by atoms with Crippen LogP contribution in [-0.4, -0.2) is 36.2 Å². The fourth-order valence-corrected chi connectivity index (χ4v) is 4.34. The second kappa shape index (κ2) is 10.4. The second-order valence-electron chi connectivity index (χ2n) is 8.47. The molecule has 0 atom stereocenters. The van der Waals surface area contributed by atoms with Gasteiger partial charge in [0.2, 0.25) is 0 Å². The predicted molar refractivity (Wildman–Crippen MR) is 134 cm³/mol. The van der Waals surface area contributed by atoms with Crippen molar-refractivity contribution < 1.29 is 18.0 Å². The molecule has 35 heavy (non-hydrogen) atoms. The van der Waals surface area contributed by atoms with Gasteiger partial charge in [-0.15, -0.1) is 0 Å². The van der Waals surface area contributed by atoms with Crippen LogP contribution >= 0.6 is 0 Å². The minimum Gasteiger partial charge on any atom is -0.304 e. The molecule has 1 aliphatic heterocycles. The molecule has 1 amide bonds. The van der Waals surface area contributed by atoms with E-state index in [0.717, 1.165) is 55.9 Å². The van der Waals surface area contributed by atoms with E-state index in [-0.39, 0.29) is 17.3 Å². The number of carbonyl (C=O) groups is 1. The van der Waals surface area contributed by atoms with Crippen LogP contribution < -0.4 is 4.90 Å². The van der Waals surface area contributed by atoms with Crippen LogP contribution in [0.3, 0.4) is 0 Å². The van der Waals surface area contributed by atoms with Crippen molar-refractivity contribution in [1.82, 2.24) is 4.90 Å². The number of hydrogen-bond acceptors (Lipinski definition) is 3. The van der Waals surface area contributed by atoms with Crippen LogP contribution in [0.1, 0.15) is 37.0 Å². The maximum absolute atomic E-state index is 13.5. The van der Waals surface area contributed by atoms with E-state index in [1.54, 1.807) is 17.0 Å². The van der Waals surface area contributed by atoms with E-state index in [4.69, 9.17) is 0 Å². The summed E-state index contributed by atoms with van der Waals surface area (Å²) in [6.45, 7) is 7.35. The van der Waals surface area contributed by atoms with Gasteiger partial charge in [-0.3, -0.25) is 9.69 Å². The van der Waals surface area contributed by atoms with E-state index in [1.807, 2.05) is 30.3 Å². The molecule has 1 aliphatic rings. The number of aliphatic imine (C=N–C) groups is 1. The molecule has 0 aromatic heterocycles. The van der Waals surface area contributed by atoms with Crippen molar-refractivity contribution >= 4 is 28.7 Å². The van der Waals surface area contributed by atoms with Gasteiger partial charge in [-0.05, 0) is 74.4 Å². The fraction of sp³-hybridized carbons (Fsp3) is 0.286. The minimum absolute atomic E-state index is 0.0879. The average molecular weight is 480 g/mol. The summed E-state index contributed by atoms with van der Waals surface area (Å²) in [6, 6.07) is 19.8. The summed E-state index contributed by atoms with van der Waals surface area (Å²) in [7, 11) is 0. The van der Waals surface area contributed by atoms with E-state index < -0.39 is 11.7 Å². The molecule has 0 spiro atoms. The Kier molecular flexibility index (Phi) is 7.36. The normalized spacial score (nSPS) is 14.7. The number of fused-ring (bicyclic) bond motifs is 1. The van der Waals surface area contributed by atoms with Crippen molar-refractivity contribution in [1.29, 1.82) is 0 Å². The zero-order chi connectivity index (χ0) is 25.0. The Morgan fingerprint density at radius 3 is 2.40 bits per heavy atom. The van der Waals surface area contributed by atoms with Gasteiger partial charge in [0, 0.05) is 11.3 Å². The molecule has 4 rings (SSSR count). The number of para-hydroxylation sites is 1. The molecule has 0 fully saturated rings. The van der Waals surface area contributed by atoms with Crippen molar-refractivity contribution in [3.05, 3.63) is 89.5 Å². The highest BCUT2D eigenvalue weighted by molar-refractivity contribution is 6.56. The molecular weight excluding hydrogens is 451 g/mol. The van der Waals surface area contributed by atoms with Gasteiger partial charge >= 0.3 is 6.18 Å². The maximum Gasteiger partial charge on any atom is 0.416 e. The minimum atomic E-state index is -4.48. The molecule has 0 saturated carbocycles. The molecular formula is C28H28F3N3O. The van der Waals surface area contributed by atoms with Crippen molar-refractivity contribution in [2.75, 3.05) is 24.5 Å². The summed E-state index contributed by atoms with van der Waals surface area (Å²) >= 11 is 0. The summed E-state index contributed by atoms with van der Waals surface area (Å²) in [4.78, 5) is 21.8. The standard InChI is InChI=1S/C28H28F3N3O/c1-3-33(4-2)17-9-11-20-10-7-14-23(18-20)34-25-16-6-5-15-24(25)26(27(34)35)32-22-13-8-12-21(19-22)28(29,30)31/h5-8,10,12-16,18-19H,3-4,9,11,17H2,1-2H3. The molecule has 0 unspecified atom stereocenters. The lowest BCUT2D eigenvalue weighted by Crippen LogP contribution is -2.25. The summed E-state index contributed by atoms with van der Waals surface area (Å²) < 4.78 is 39.5. The summed E-state index contributed by atoms with van der Waals surface area (Å²) in [5, 5.41) is 0. The van der Waals surface area contributed by atoms with Crippen LogP contribution in [0.5, 0.6) is 0 Å². The molecule has 0 N–H and O–H groups in total. The van der Waals surface area contributed by atoms with Gasteiger partial charge in [-0.25, -0.2) is 4.99 Å². The maximum atomic E-state index is 13.5. The molecule has 7 heteroatoms. The van der Waals surface area contributed by atoms with Crippen LogP contribution in [-0.2, 0) is 17.4 Å². The van der Waals surface area contributed by atoms with Crippen LogP contribution in [0, 0.1) is 0 Å². The van der Waals surface area contributed by atoms with E-state index in [9.17, 15) is 18.0 Å². The highest BCUT2D eigenvalue weighted by Gasteiger charge is 2.35. The number of aryl methyl sites for hydroxylation is 1. The van der Waals surface area contributed by atoms with Crippen molar-refractivity contribution in [3.8, 4) is 0 Å². The van der Waals surface area contributed by atoms with E-state index in [2.05, 4.69) is 29.8 Å². The quantitative estimate of drug-likeness (QED) is 0.357. The Balaban J connectivity index is 1.64. The second-order valence-corrected chi connectivity index (χ2v) is 8.47. The topological polar surface area (TPSA) is 35.9 Å². The third-order valence-electron chi connectivity index (χ3n) is 6.22. The number of carbonyl (C=O) groups excluding carboxylic acids is 1. The van der Waals surface area contributed by atoms with Crippen LogP contribution in [0.2, 0.25) is 0 Å². The van der Waals surface area contributed by atoms with Crippen molar-refractivity contribution in [2.24, 2.45) is 4.99 Å². The smallest absolute Gasteiger partial charge is 0.304 e. The molecule has 0 bridgehead atoms. The van der Waals surface area contributed by atoms with Gasteiger partial charge in [0.1, 0.15) is 5.71 Å². The van der Waals surface area contributed by atoms with Gasteiger partial charge in [0.05, 0.1) is 16.9 Å². The summed E-state index contributed by atoms with van der Waals surface area (Å²) in [5.41, 5.74) is 2.54. The SMILES string of the molecule is CCN(CC)CCCc1cccc(N2C(=O)C(=Nc3cccc(C(F)(F)F)c3)c3ccccc32)c1. The lowest BCUT2D eigenvalue weighted by Gasteiger charge is -2.19. The number of benzene rings is 3. The highest BCUT2D eigenvalue weighted by Crippen LogP contribution is 2.38. The zero-order valence-corrected chi connectivity index (χ0v) is 19.8. The molecule has 0 saturated heterocycles. The average Bonchev–Trinajstić information content (AvgIpc) is 3.13. The number of alkyl halides is 3. The first-order valence-electron chi connectivity index (χ1n) is 11.8. The Hall–Kier alpha value is -3.45. The molecule has 1 heterocycles. The van der Waals surface area contributed by atoms with Crippen molar-refractivity contribution in [3.63, 3.8) is 0 Å². The van der Waals surface area contributed by atoms with Gasteiger partial charge in [-0.2, -0.15) is 13.2 Å². The molecule has 0 radical (unpaired) electrons. The zero-order valence-electron chi connectivity index (χ0n) is 19.8. The van der Waals surface area contributed by atoms with Gasteiger partial charge in [0.15, 0.2) is 0 Å². The number of amides is 1. The first-order chi connectivity index (χ1) is 16.8. The first-order valence-corrected chi connectivity index (χ1v) is 11.8. The molecule has 0 aliphatic carbocycles. The van der Waals surface area contributed by atoms with Gasteiger partial charge < -0.3 is 4.90 Å². The number of rotatable bonds is 8. The predicted octanol–water partition coefficient (Wildman–Crippen LogP) is 6.78. The van der Waals surface area contributed by atoms with Crippen LogP contribution in [0.4, 0.5) is 30.2 Å². The number of anilines is 2. The third kappa shape index (κ3) is 5.46. The summed E-state index contributed by atoms with van der Waals surface area (Å²) in [6.07, 6.45) is -2.58. The lowest BCUT2D eigenvalue weighted by molar-refractivity contribution is -0.137. The Labute approximate surface area is 203 Å². The number of hydrogen-bond donors (Lipinski definition) is 0. The molecule has 3 aromatic rings. The van der Waals surface area contributed by atoms with Gasteiger partial charge in [-0.1, -0.05) is 50.2 Å². The fourth-order valence-electron chi connectivity index (χ4n) is 4.34. The summed E-state index contributed by atoms with van der Waals surface area (Å²) in [5.74, 6) is -0.357. The van der Waals surface area contributed by atoms with E-state index in [0.29, 0.717) is 11.3 Å². The largest absolute Gasteiger partial charge is 0.416 e. The van der Waals surface area contributed by atoms with E-state index in [1.165, 1.54) is 12.1 Å². The Morgan fingerprint density at radius 2 is 1.66 bits per heavy atom. The Morgan fingerprint density at radius 1 is 0.914 bits per heavy atom. The third-order valence-corrected chi connectivity index (χ3v) is 6.22. The van der Waals surface area contributed by atoms with Crippen LogP contribution in [0.25, 0.3) is 0 Å². The van der Waals surface area contributed by atoms with E-state index >= 15 is 0 Å². The molecule has 4 nitrogen and oxygen atoms in total. The number of nitrogens with zero attached hydrogens (tertiary/aromatic N) is 3. The lowest BCUT2D eigenvalue weighted by atomic mass is 10.1. The van der Waals surface area contributed by atoms with Gasteiger partial charge in [0.25, 0.3) is 5.91 Å². The molecule has 182 valence electrons. The Bertz CT molecular complexity index is 1230.